The second kappa shape index (κ2) is 11.3. The van der Waals surface area contributed by atoms with Gasteiger partial charge in [-0.3, -0.25) is 4.79 Å². The van der Waals surface area contributed by atoms with Crippen LogP contribution in [0.2, 0.25) is 0 Å². The number of rotatable bonds is 8. The van der Waals surface area contributed by atoms with Gasteiger partial charge in [-0.25, -0.2) is 0 Å². The molecule has 3 rings (SSSR count). The predicted molar refractivity (Wildman–Crippen MR) is 140 cm³/mol. The van der Waals surface area contributed by atoms with Crippen molar-refractivity contribution in [2.75, 3.05) is 6.61 Å². The van der Waals surface area contributed by atoms with Gasteiger partial charge < -0.3 is 20.1 Å². The molecule has 186 valence electrons. The number of fused-ring (bicyclic) bond motifs is 1. The number of carbonyl (C=O) groups is 1. The molecule has 35 heavy (non-hydrogen) atoms. The number of ketones is 1. The van der Waals surface area contributed by atoms with Crippen molar-refractivity contribution in [2.45, 2.75) is 66.2 Å². The van der Waals surface area contributed by atoms with Crippen molar-refractivity contribution in [1.29, 1.82) is 0 Å². The van der Waals surface area contributed by atoms with E-state index in [2.05, 4.69) is 32.9 Å². The fourth-order valence-electron chi connectivity index (χ4n) is 4.16. The monoisotopic (exact) mass is 476 g/mol. The Morgan fingerprint density at radius 2 is 1.66 bits per heavy atom. The number of carbonyl (C=O) groups excluding carboxylic acids is 1. The average molecular weight is 477 g/mol. The van der Waals surface area contributed by atoms with Crippen LogP contribution in [-0.2, 0) is 12.8 Å². The summed E-state index contributed by atoms with van der Waals surface area (Å²) >= 11 is 0. The molecule has 2 aromatic carbocycles. The van der Waals surface area contributed by atoms with Gasteiger partial charge >= 0.3 is 0 Å². The Morgan fingerprint density at radius 3 is 2.34 bits per heavy atom. The molecule has 0 radical (unpaired) electrons. The summed E-state index contributed by atoms with van der Waals surface area (Å²) in [4.78, 5) is 13.5. The molecule has 0 saturated heterocycles. The zero-order valence-corrected chi connectivity index (χ0v) is 21.3. The quantitative estimate of drug-likeness (QED) is 0.361. The third-order valence-corrected chi connectivity index (χ3v) is 6.30. The van der Waals surface area contributed by atoms with Gasteiger partial charge in [-0.2, -0.15) is 0 Å². The first-order valence-electron chi connectivity index (χ1n) is 12.1. The summed E-state index contributed by atoms with van der Waals surface area (Å²) < 4.78 is 5.80. The van der Waals surface area contributed by atoms with Crippen molar-refractivity contribution in [3.05, 3.63) is 81.5 Å². The predicted octanol–water partition coefficient (Wildman–Crippen LogP) is 6.91. The molecule has 0 bridgehead atoms. The molecule has 3 N–H and O–H groups in total. The highest BCUT2D eigenvalue weighted by Crippen LogP contribution is 2.44. The number of hydrogen-bond donors (Lipinski definition) is 3. The smallest absolute Gasteiger partial charge is 0.181 e. The Labute approximate surface area is 208 Å². The summed E-state index contributed by atoms with van der Waals surface area (Å²) in [6.45, 7) is 10.2. The maximum absolute atomic E-state index is 13.5. The van der Waals surface area contributed by atoms with Crippen LogP contribution in [0, 0.1) is 0 Å². The van der Waals surface area contributed by atoms with E-state index >= 15 is 0 Å². The van der Waals surface area contributed by atoms with Crippen LogP contribution in [0.4, 0.5) is 0 Å². The number of benzene rings is 2. The van der Waals surface area contributed by atoms with E-state index in [4.69, 9.17) is 4.74 Å². The summed E-state index contributed by atoms with van der Waals surface area (Å²) in [6.07, 6.45) is 9.02. The molecular weight excluding hydrogens is 440 g/mol. The van der Waals surface area contributed by atoms with E-state index in [1.807, 2.05) is 26.0 Å². The maximum atomic E-state index is 13.5. The van der Waals surface area contributed by atoms with Crippen molar-refractivity contribution >= 4 is 5.78 Å². The average Bonchev–Trinajstić information content (AvgIpc) is 2.78. The Hall–Kier alpha value is -3.47. The summed E-state index contributed by atoms with van der Waals surface area (Å²) in [7, 11) is 0. The van der Waals surface area contributed by atoms with Gasteiger partial charge in [0.1, 0.15) is 35.2 Å². The lowest BCUT2D eigenvalue weighted by Gasteiger charge is -2.26. The summed E-state index contributed by atoms with van der Waals surface area (Å²) in [5.41, 5.74) is 5.45. The topological polar surface area (TPSA) is 87.0 Å². The number of Topliss-reactive ketones (excluding diaryl/α,β-unsaturated/α-hetero) is 1. The standard InChI is InChI=1S/C30H36O5/c1-18(2)7-6-8-20(5)10-11-22-15-21(12-14-25(22)31)24-17-35-27-16-26(32)23(13-9-19(3)4)29(33)28(27)30(24)34/h7,9-10,12,14-16,24,31-33H,6,8,11,13,17H2,1-5H3/b20-10+. The third kappa shape index (κ3) is 6.36. The van der Waals surface area contributed by atoms with Gasteiger partial charge in [-0.1, -0.05) is 47.1 Å². The van der Waals surface area contributed by atoms with E-state index in [-0.39, 0.29) is 41.0 Å². The zero-order chi connectivity index (χ0) is 25.7. The van der Waals surface area contributed by atoms with Crippen molar-refractivity contribution in [2.24, 2.45) is 0 Å². The summed E-state index contributed by atoms with van der Waals surface area (Å²) in [5, 5.41) is 31.6. The van der Waals surface area contributed by atoms with Crippen LogP contribution >= 0.6 is 0 Å². The lowest BCUT2D eigenvalue weighted by atomic mass is 9.86. The fraction of sp³-hybridized carbons (Fsp3) is 0.367. The van der Waals surface area contributed by atoms with Crippen molar-refractivity contribution < 1.29 is 24.9 Å². The molecule has 0 saturated carbocycles. The molecule has 5 nitrogen and oxygen atoms in total. The lowest BCUT2D eigenvalue weighted by molar-refractivity contribution is 0.0891. The molecule has 0 aliphatic carbocycles. The highest BCUT2D eigenvalue weighted by Gasteiger charge is 2.35. The second-order valence-corrected chi connectivity index (χ2v) is 9.77. The van der Waals surface area contributed by atoms with Gasteiger partial charge in [-0.05, 0) is 77.5 Å². The van der Waals surface area contributed by atoms with Crippen LogP contribution in [0.3, 0.4) is 0 Å². The number of phenols is 3. The molecule has 0 aromatic heterocycles. The van der Waals surface area contributed by atoms with Crippen LogP contribution in [0.1, 0.15) is 80.4 Å². The highest BCUT2D eigenvalue weighted by molar-refractivity contribution is 6.07. The molecule has 0 spiro atoms. The van der Waals surface area contributed by atoms with Crippen LogP contribution in [0.15, 0.2) is 59.2 Å². The summed E-state index contributed by atoms with van der Waals surface area (Å²) in [6, 6.07) is 6.58. The minimum absolute atomic E-state index is 0.0938. The van der Waals surface area contributed by atoms with Crippen molar-refractivity contribution in [3.8, 4) is 23.0 Å². The zero-order valence-electron chi connectivity index (χ0n) is 21.3. The Balaban J connectivity index is 1.86. The van der Waals surface area contributed by atoms with Gasteiger partial charge in [0.2, 0.25) is 0 Å². The molecule has 1 heterocycles. The van der Waals surface area contributed by atoms with Crippen LogP contribution in [0.5, 0.6) is 23.0 Å². The first-order chi connectivity index (χ1) is 16.6. The molecule has 5 heteroatoms. The van der Waals surface area contributed by atoms with Crippen LogP contribution in [0.25, 0.3) is 0 Å². The molecule has 1 atom stereocenters. The normalized spacial score (nSPS) is 15.3. The molecule has 0 fully saturated rings. The highest BCUT2D eigenvalue weighted by atomic mass is 16.5. The van der Waals surface area contributed by atoms with Gasteiger partial charge in [0.25, 0.3) is 0 Å². The third-order valence-electron chi connectivity index (χ3n) is 6.30. The number of allylic oxidation sites excluding steroid dienone is 6. The van der Waals surface area contributed by atoms with E-state index in [9.17, 15) is 20.1 Å². The van der Waals surface area contributed by atoms with Crippen LogP contribution < -0.4 is 4.74 Å². The first kappa shape index (κ1) is 26.1. The summed E-state index contributed by atoms with van der Waals surface area (Å²) in [5.74, 6) is -0.826. The largest absolute Gasteiger partial charge is 0.508 e. The van der Waals surface area contributed by atoms with Gasteiger partial charge in [0, 0.05) is 11.6 Å². The molecule has 1 aliphatic rings. The van der Waals surface area contributed by atoms with Gasteiger partial charge in [-0.15, -0.1) is 0 Å². The lowest BCUT2D eigenvalue weighted by Crippen LogP contribution is -2.26. The Bertz CT molecular complexity index is 1190. The van der Waals surface area contributed by atoms with Crippen molar-refractivity contribution in [1.82, 2.24) is 0 Å². The minimum atomic E-state index is -0.615. The molecule has 1 aliphatic heterocycles. The first-order valence-corrected chi connectivity index (χ1v) is 12.1. The second-order valence-electron chi connectivity index (χ2n) is 9.77. The number of phenolic OH excluding ortho intramolecular Hbond substituents is 3. The van der Waals surface area contributed by atoms with Gasteiger partial charge in [0.15, 0.2) is 5.78 Å². The molecule has 0 amide bonds. The fourth-order valence-corrected chi connectivity index (χ4v) is 4.16. The molecular formula is C30H36O5. The SMILES string of the molecule is CC(C)=CCC/C(C)=C/Cc1cc(C2COc3cc(O)c(CC=C(C)C)c(O)c3C2=O)ccc1O. The Kier molecular flexibility index (Phi) is 8.44. The number of aromatic hydroxyl groups is 3. The van der Waals surface area contributed by atoms with Gasteiger partial charge in [0.05, 0.1) is 5.92 Å². The Morgan fingerprint density at radius 1 is 0.943 bits per heavy atom. The van der Waals surface area contributed by atoms with Crippen molar-refractivity contribution in [3.63, 3.8) is 0 Å². The number of hydrogen-bond acceptors (Lipinski definition) is 5. The van der Waals surface area contributed by atoms with E-state index in [0.717, 1.165) is 29.5 Å². The minimum Gasteiger partial charge on any atom is -0.508 e. The van der Waals surface area contributed by atoms with E-state index in [1.54, 1.807) is 12.1 Å². The van der Waals surface area contributed by atoms with E-state index in [0.29, 0.717) is 18.4 Å². The maximum Gasteiger partial charge on any atom is 0.181 e. The van der Waals surface area contributed by atoms with E-state index in [1.165, 1.54) is 17.2 Å². The van der Waals surface area contributed by atoms with E-state index < -0.39 is 5.92 Å². The van der Waals surface area contributed by atoms with Crippen LogP contribution in [-0.4, -0.2) is 27.7 Å². The number of ether oxygens (including phenoxy) is 1. The molecule has 2 aromatic rings. The molecule has 1 unspecified atom stereocenters.